The quantitative estimate of drug-likeness (QED) is 0.873. The number of aliphatic hydroxyl groups is 1. The van der Waals surface area contributed by atoms with E-state index >= 15 is 0 Å². The molecule has 1 aromatic rings. The molecule has 0 radical (unpaired) electrons. The fourth-order valence-electron chi connectivity index (χ4n) is 1.46. The molecule has 0 aliphatic rings. The van der Waals surface area contributed by atoms with E-state index < -0.39 is 0 Å². The summed E-state index contributed by atoms with van der Waals surface area (Å²) in [4.78, 5) is 0. The zero-order chi connectivity index (χ0) is 12.1. The van der Waals surface area contributed by atoms with Crippen LogP contribution < -0.4 is 5.32 Å². The maximum atomic E-state index is 13.2. The van der Waals surface area contributed by atoms with Gasteiger partial charge in [-0.25, -0.2) is 4.39 Å². The zero-order valence-electron chi connectivity index (χ0n) is 9.50. The molecule has 1 rings (SSSR count). The van der Waals surface area contributed by atoms with Gasteiger partial charge in [-0.1, -0.05) is 6.07 Å². The van der Waals surface area contributed by atoms with Crippen molar-refractivity contribution < 1.29 is 9.50 Å². The Hall–Kier alpha value is -0.450. The molecule has 0 bridgehead atoms. The standard InChI is InChI=1S/C12H17BrFNO/c1-8(15-7-9(2)16)5-10-3-4-11(13)12(14)6-10/h3-4,6,8-9,15-16H,5,7H2,1-2H3/t8?,9-/m0/s1. The molecule has 0 aliphatic heterocycles. The second kappa shape index (κ2) is 6.33. The smallest absolute Gasteiger partial charge is 0.137 e. The van der Waals surface area contributed by atoms with Crippen LogP contribution in [0.2, 0.25) is 0 Å². The number of nitrogens with one attached hydrogen (secondary N) is 1. The number of aliphatic hydroxyl groups excluding tert-OH is 1. The molecule has 0 heterocycles. The van der Waals surface area contributed by atoms with Gasteiger partial charge in [0, 0.05) is 12.6 Å². The predicted octanol–water partition coefficient (Wildman–Crippen LogP) is 2.49. The number of hydrogen-bond acceptors (Lipinski definition) is 2. The number of benzene rings is 1. The topological polar surface area (TPSA) is 32.3 Å². The summed E-state index contributed by atoms with van der Waals surface area (Å²) in [5.41, 5.74) is 0.950. The minimum atomic E-state index is -0.357. The van der Waals surface area contributed by atoms with Gasteiger partial charge in [0.15, 0.2) is 0 Å². The summed E-state index contributed by atoms with van der Waals surface area (Å²) in [5.74, 6) is -0.236. The summed E-state index contributed by atoms with van der Waals surface area (Å²) in [5, 5.41) is 12.3. The Balaban J connectivity index is 2.49. The van der Waals surface area contributed by atoms with E-state index in [1.54, 1.807) is 13.0 Å². The summed E-state index contributed by atoms with van der Waals surface area (Å²) >= 11 is 3.12. The second-order valence-corrected chi connectivity index (χ2v) is 4.97. The molecule has 90 valence electrons. The van der Waals surface area contributed by atoms with Crippen molar-refractivity contribution in [1.82, 2.24) is 5.32 Å². The fraction of sp³-hybridized carbons (Fsp3) is 0.500. The lowest BCUT2D eigenvalue weighted by molar-refractivity contribution is 0.187. The van der Waals surface area contributed by atoms with Crippen LogP contribution in [0.15, 0.2) is 22.7 Å². The summed E-state index contributed by atoms with van der Waals surface area (Å²) in [6.07, 6.45) is 0.390. The first-order valence-electron chi connectivity index (χ1n) is 5.34. The van der Waals surface area contributed by atoms with Gasteiger partial charge >= 0.3 is 0 Å². The third-order valence-electron chi connectivity index (χ3n) is 2.29. The molecule has 1 aromatic carbocycles. The van der Waals surface area contributed by atoms with Crippen molar-refractivity contribution in [2.75, 3.05) is 6.54 Å². The highest BCUT2D eigenvalue weighted by Gasteiger charge is 2.06. The van der Waals surface area contributed by atoms with Gasteiger partial charge in [0.1, 0.15) is 5.82 Å². The summed E-state index contributed by atoms with van der Waals surface area (Å²) in [6, 6.07) is 5.36. The van der Waals surface area contributed by atoms with Crippen LogP contribution in [0.5, 0.6) is 0 Å². The number of rotatable bonds is 5. The second-order valence-electron chi connectivity index (χ2n) is 4.11. The monoisotopic (exact) mass is 289 g/mol. The first-order valence-corrected chi connectivity index (χ1v) is 6.13. The van der Waals surface area contributed by atoms with Crippen molar-refractivity contribution in [2.45, 2.75) is 32.4 Å². The van der Waals surface area contributed by atoms with Crippen molar-refractivity contribution in [2.24, 2.45) is 0 Å². The minimum absolute atomic E-state index is 0.218. The van der Waals surface area contributed by atoms with E-state index in [9.17, 15) is 4.39 Å². The summed E-state index contributed by atoms with van der Waals surface area (Å²) in [6.45, 7) is 4.31. The third-order valence-corrected chi connectivity index (χ3v) is 2.93. The van der Waals surface area contributed by atoms with Gasteiger partial charge in [-0.15, -0.1) is 0 Å². The van der Waals surface area contributed by atoms with E-state index in [2.05, 4.69) is 21.2 Å². The predicted molar refractivity (Wildman–Crippen MR) is 66.9 cm³/mol. The van der Waals surface area contributed by atoms with Crippen LogP contribution in [0.25, 0.3) is 0 Å². The number of halogens is 2. The Morgan fingerprint density at radius 2 is 2.12 bits per heavy atom. The van der Waals surface area contributed by atoms with Crippen LogP contribution >= 0.6 is 15.9 Å². The average molecular weight is 290 g/mol. The van der Waals surface area contributed by atoms with Crippen LogP contribution in [0.1, 0.15) is 19.4 Å². The van der Waals surface area contributed by atoms with E-state index in [0.717, 1.165) is 12.0 Å². The molecule has 2 atom stereocenters. The van der Waals surface area contributed by atoms with Gasteiger partial charge in [0.2, 0.25) is 0 Å². The van der Waals surface area contributed by atoms with Gasteiger partial charge < -0.3 is 10.4 Å². The molecule has 2 N–H and O–H groups in total. The van der Waals surface area contributed by atoms with Crippen LogP contribution in [0.4, 0.5) is 4.39 Å². The summed E-state index contributed by atoms with van der Waals surface area (Å²) in [7, 11) is 0. The molecule has 0 spiro atoms. The van der Waals surface area contributed by atoms with Crippen LogP contribution in [-0.2, 0) is 6.42 Å². The van der Waals surface area contributed by atoms with E-state index in [1.165, 1.54) is 6.07 Å². The first kappa shape index (κ1) is 13.6. The van der Waals surface area contributed by atoms with Crippen molar-refractivity contribution in [3.63, 3.8) is 0 Å². The average Bonchev–Trinajstić information content (AvgIpc) is 2.21. The van der Waals surface area contributed by atoms with Crippen molar-refractivity contribution in [1.29, 1.82) is 0 Å². The molecule has 16 heavy (non-hydrogen) atoms. The van der Waals surface area contributed by atoms with Crippen molar-refractivity contribution in [3.8, 4) is 0 Å². The molecular formula is C12H17BrFNO. The van der Waals surface area contributed by atoms with E-state index in [-0.39, 0.29) is 18.0 Å². The van der Waals surface area contributed by atoms with Crippen LogP contribution in [0.3, 0.4) is 0 Å². The SMILES string of the molecule is CC(Cc1ccc(Br)c(F)c1)NC[C@H](C)O. The molecule has 0 saturated heterocycles. The molecule has 0 amide bonds. The highest BCUT2D eigenvalue weighted by Crippen LogP contribution is 2.17. The van der Waals surface area contributed by atoms with Gasteiger partial charge in [0.05, 0.1) is 10.6 Å². The summed E-state index contributed by atoms with van der Waals surface area (Å²) < 4.78 is 13.7. The van der Waals surface area contributed by atoms with Gasteiger partial charge in [-0.2, -0.15) is 0 Å². The zero-order valence-corrected chi connectivity index (χ0v) is 11.1. The van der Waals surface area contributed by atoms with Gasteiger partial charge in [-0.05, 0) is 53.9 Å². The third kappa shape index (κ3) is 4.60. The van der Waals surface area contributed by atoms with Crippen molar-refractivity contribution >= 4 is 15.9 Å². The van der Waals surface area contributed by atoms with E-state index in [4.69, 9.17) is 5.11 Å². The van der Waals surface area contributed by atoms with E-state index in [1.807, 2.05) is 13.0 Å². The van der Waals surface area contributed by atoms with Crippen LogP contribution in [0, 0.1) is 5.82 Å². The van der Waals surface area contributed by atoms with Gasteiger partial charge in [-0.3, -0.25) is 0 Å². The largest absolute Gasteiger partial charge is 0.392 e. The number of hydrogen-bond donors (Lipinski definition) is 2. The molecule has 0 saturated carbocycles. The molecule has 0 aromatic heterocycles. The maximum Gasteiger partial charge on any atom is 0.137 e. The molecule has 0 aliphatic carbocycles. The molecular weight excluding hydrogens is 273 g/mol. The maximum absolute atomic E-state index is 13.2. The lowest BCUT2D eigenvalue weighted by atomic mass is 10.1. The lowest BCUT2D eigenvalue weighted by Crippen LogP contribution is -2.33. The minimum Gasteiger partial charge on any atom is -0.392 e. The van der Waals surface area contributed by atoms with E-state index in [0.29, 0.717) is 11.0 Å². The van der Waals surface area contributed by atoms with Gasteiger partial charge in [0.25, 0.3) is 0 Å². The Kier molecular flexibility index (Phi) is 5.38. The van der Waals surface area contributed by atoms with Crippen LogP contribution in [-0.4, -0.2) is 23.8 Å². The molecule has 4 heteroatoms. The Bertz CT molecular complexity index is 344. The Labute approximate surface area is 104 Å². The van der Waals surface area contributed by atoms with Crippen molar-refractivity contribution in [3.05, 3.63) is 34.1 Å². The normalized spacial score (nSPS) is 14.8. The fourth-order valence-corrected chi connectivity index (χ4v) is 1.71. The lowest BCUT2D eigenvalue weighted by Gasteiger charge is -2.15. The molecule has 1 unspecified atom stereocenters. The molecule has 2 nitrogen and oxygen atoms in total. The highest BCUT2D eigenvalue weighted by atomic mass is 79.9. The Morgan fingerprint density at radius 3 is 2.69 bits per heavy atom. The Morgan fingerprint density at radius 1 is 1.44 bits per heavy atom. The molecule has 0 fully saturated rings. The highest BCUT2D eigenvalue weighted by molar-refractivity contribution is 9.10. The first-order chi connectivity index (χ1) is 7.49.